The zero-order valence-corrected chi connectivity index (χ0v) is 19.2. The summed E-state index contributed by atoms with van der Waals surface area (Å²) in [7, 11) is 1.80. The molecule has 2 aromatic rings. The summed E-state index contributed by atoms with van der Waals surface area (Å²) in [6.07, 6.45) is 0.724. The van der Waals surface area contributed by atoms with Crippen LogP contribution in [-0.2, 0) is 19.7 Å². The number of hydrogen-bond acceptors (Lipinski definition) is 7. The number of fused-ring (bicyclic) bond motifs is 1. The van der Waals surface area contributed by atoms with Crippen molar-refractivity contribution in [2.24, 2.45) is 0 Å². The quantitative estimate of drug-likeness (QED) is 0.481. The lowest BCUT2D eigenvalue weighted by molar-refractivity contribution is -0.153. The summed E-state index contributed by atoms with van der Waals surface area (Å²) < 4.78 is 5.29. The number of hydrogen-bond donors (Lipinski definition) is 2. The Morgan fingerprint density at radius 1 is 1.34 bits per heavy atom. The van der Waals surface area contributed by atoms with Crippen molar-refractivity contribution < 1.29 is 14.3 Å². The van der Waals surface area contributed by atoms with E-state index in [2.05, 4.69) is 16.7 Å². The predicted octanol–water partition coefficient (Wildman–Crippen LogP) is 4.68. The van der Waals surface area contributed by atoms with Gasteiger partial charge < -0.3 is 20.3 Å². The number of carbonyl (C=O) groups is 2. The molecule has 4 rings (SSSR count). The monoisotopic (exact) mass is 472 g/mol. The van der Waals surface area contributed by atoms with Gasteiger partial charge in [-0.1, -0.05) is 35.3 Å². The molecule has 32 heavy (non-hydrogen) atoms. The minimum Gasteiger partial charge on any atom is -0.465 e. The van der Waals surface area contributed by atoms with Gasteiger partial charge >= 0.3 is 5.97 Å². The van der Waals surface area contributed by atoms with Crippen molar-refractivity contribution >= 4 is 52.0 Å². The summed E-state index contributed by atoms with van der Waals surface area (Å²) >= 11 is 12.6. The van der Waals surface area contributed by atoms with Gasteiger partial charge in [0.25, 0.3) is 0 Å². The van der Waals surface area contributed by atoms with Gasteiger partial charge in [0.15, 0.2) is 17.5 Å². The molecule has 0 aromatic heterocycles. The molecule has 0 amide bonds. The molecule has 2 N–H and O–H groups in total. The fourth-order valence-electron chi connectivity index (χ4n) is 4.55. The first-order chi connectivity index (χ1) is 15.3. The maximum atomic E-state index is 13.0. The van der Waals surface area contributed by atoms with E-state index in [9.17, 15) is 14.9 Å². The molecule has 1 aliphatic carbocycles. The van der Waals surface area contributed by atoms with Crippen LogP contribution in [0.25, 0.3) is 0 Å². The SMILES string of the molecule is CCOC(=O)C1(c2ccc3c(c2C#N)N(C)C(Nc2c(Cl)cccc2Cl)N3)CCCC1=O. The molecule has 1 saturated carbocycles. The molecule has 0 saturated heterocycles. The molecule has 166 valence electrons. The Labute approximate surface area is 196 Å². The highest BCUT2D eigenvalue weighted by Gasteiger charge is 2.53. The average Bonchev–Trinajstić information content (AvgIpc) is 3.31. The summed E-state index contributed by atoms with van der Waals surface area (Å²) in [6.45, 7) is 1.86. The van der Waals surface area contributed by atoms with Gasteiger partial charge in [-0.15, -0.1) is 0 Å². The Bertz CT molecular complexity index is 1130. The van der Waals surface area contributed by atoms with Crippen molar-refractivity contribution in [3.63, 3.8) is 0 Å². The Morgan fingerprint density at radius 2 is 2.06 bits per heavy atom. The van der Waals surface area contributed by atoms with Crippen LogP contribution >= 0.6 is 23.2 Å². The number of para-hydroxylation sites is 1. The number of anilines is 3. The molecule has 2 aliphatic rings. The molecule has 2 aromatic carbocycles. The van der Waals surface area contributed by atoms with E-state index in [1.165, 1.54) is 0 Å². The Hall–Kier alpha value is -2.95. The topological polar surface area (TPSA) is 94.5 Å². The number of esters is 1. The Balaban J connectivity index is 1.77. The molecule has 1 aliphatic heterocycles. The number of ketones is 1. The number of carbonyl (C=O) groups excluding carboxylic acids is 2. The van der Waals surface area contributed by atoms with Crippen LogP contribution < -0.4 is 15.5 Å². The number of nitrogens with one attached hydrogen (secondary N) is 2. The van der Waals surface area contributed by atoms with Gasteiger partial charge in [-0.05, 0) is 43.5 Å². The second-order valence-electron chi connectivity index (χ2n) is 7.80. The smallest absolute Gasteiger partial charge is 0.324 e. The van der Waals surface area contributed by atoms with Crippen LogP contribution in [0.5, 0.6) is 0 Å². The van der Waals surface area contributed by atoms with Crippen molar-refractivity contribution in [2.45, 2.75) is 37.9 Å². The van der Waals surface area contributed by atoms with Gasteiger partial charge in [-0.3, -0.25) is 9.59 Å². The number of nitriles is 1. The molecule has 2 atom stereocenters. The number of Topliss-reactive ketones (excluding diaryl/α,β-unsaturated/α-hetero) is 1. The van der Waals surface area contributed by atoms with Crippen LogP contribution in [0.2, 0.25) is 10.0 Å². The zero-order chi connectivity index (χ0) is 23.0. The van der Waals surface area contributed by atoms with E-state index in [4.69, 9.17) is 27.9 Å². The maximum Gasteiger partial charge on any atom is 0.324 e. The first kappa shape index (κ1) is 22.3. The fourth-order valence-corrected chi connectivity index (χ4v) is 5.06. The first-order valence-corrected chi connectivity index (χ1v) is 11.1. The van der Waals surface area contributed by atoms with Crippen molar-refractivity contribution in [2.75, 3.05) is 29.2 Å². The van der Waals surface area contributed by atoms with E-state index in [1.807, 2.05) is 4.90 Å². The van der Waals surface area contributed by atoms with E-state index >= 15 is 0 Å². The lowest BCUT2D eigenvalue weighted by Gasteiger charge is -2.29. The highest BCUT2D eigenvalue weighted by Crippen LogP contribution is 2.47. The minimum absolute atomic E-state index is 0.159. The summed E-state index contributed by atoms with van der Waals surface area (Å²) in [5.74, 6) is -0.802. The molecular weight excluding hydrogens is 451 g/mol. The van der Waals surface area contributed by atoms with Gasteiger partial charge in [0.2, 0.25) is 0 Å². The summed E-state index contributed by atoms with van der Waals surface area (Å²) in [6, 6.07) is 10.9. The van der Waals surface area contributed by atoms with Crippen molar-refractivity contribution in [1.82, 2.24) is 0 Å². The fraction of sp³-hybridized carbons (Fsp3) is 0.348. The highest BCUT2D eigenvalue weighted by atomic mass is 35.5. The predicted molar refractivity (Wildman–Crippen MR) is 124 cm³/mol. The maximum absolute atomic E-state index is 13.0. The molecular formula is C23H22Cl2N4O3. The average molecular weight is 473 g/mol. The van der Waals surface area contributed by atoms with E-state index in [-0.39, 0.29) is 24.4 Å². The van der Waals surface area contributed by atoms with Crippen LogP contribution in [0.1, 0.15) is 37.3 Å². The molecule has 0 spiro atoms. The second kappa shape index (κ2) is 8.53. The largest absolute Gasteiger partial charge is 0.465 e. The van der Waals surface area contributed by atoms with Crippen LogP contribution in [0, 0.1) is 11.3 Å². The van der Waals surface area contributed by atoms with Gasteiger partial charge in [0.1, 0.15) is 6.07 Å². The zero-order valence-electron chi connectivity index (χ0n) is 17.7. The summed E-state index contributed by atoms with van der Waals surface area (Å²) in [5.41, 5.74) is 1.06. The third-order valence-corrected chi connectivity index (χ3v) is 6.71. The number of halogens is 2. The van der Waals surface area contributed by atoms with Crippen LogP contribution in [0.15, 0.2) is 30.3 Å². The van der Waals surface area contributed by atoms with Gasteiger partial charge in [-0.25, -0.2) is 0 Å². The minimum atomic E-state index is -1.45. The summed E-state index contributed by atoms with van der Waals surface area (Å²) in [4.78, 5) is 27.8. The molecule has 7 nitrogen and oxygen atoms in total. The van der Waals surface area contributed by atoms with E-state index in [0.717, 1.165) is 0 Å². The number of nitrogens with zero attached hydrogens (tertiary/aromatic N) is 2. The van der Waals surface area contributed by atoms with E-state index in [0.29, 0.717) is 45.5 Å². The summed E-state index contributed by atoms with van der Waals surface area (Å²) in [5, 5.41) is 17.6. The Kier molecular flexibility index (Phi) is 5.93. The molecule has 0 bridgehead atoms. The first-order valence-electron chi connectivity index (χ1n) is 10.3. The standard InChI is InChI=1S/C23H22Cl2N4O3/c1-3-32-21(31)23(11-5-8-18(23)30)14-9-10-17-20(13(14)12-26)29(2)22(27-17)28-19-15(24)6-4-7-16(19)25/h4,6-7,9-10,22,27-28H,3,5,8,11H2,1-2H3. The van der Waals surface area contributed by atoms with Gasteiger partial charge in [0.05, 0.1) is 39.3 Å². The van der Waals surface area contributed by atoms with Crippen LogP contribution in [-0.4, -0.2) is 31.7 Å². The molecule has 9 heteroatoms. The van der Waals surface area contributed by atoms with Gasteiger partial charge in [-0.2, -0.15) is 5.26 Å². The number of ether oxygens (including phenoxy) is 1. The normalized spacial score (nSPS) is 21.7. The van der Waals surface area contributed by atoms with Crippen LogP contribution in [0.4, 0.5) is 17.1 Å². The molecule has 1 heterocycles. The third kappa shape index (κ3) is 3.35. The van der Waals surface area contributed by atoms with E-state index in [1.54, 1.807) is 44.3 Å². The molecule has 0 radical (unpaired) electrons. The third-order valence-electron chi connectivity index (χ3n) is 6.08. The molecule has 2 unspecified atom stereocenters. The lowest BCUT2D eigenvalue weighted by atomic mass is 9.75. The number of rotatable bonds is 5. The molecule has 1 fully saturated rings. The second-order valence-corrected chi connectivity index (χ2v) is 8.61. The van der Waals surface area contributed by atoms with Gasteiger partial charge in [0, 0.05) is 13.5 Å². The lowest BCUT2D eigenvalue weighted by Crippen LogP contribution is -2.42. The van der Waals surface area contributed by atoms with Crippen LogP contribution in [0.3, 0.4) is 0 Å². The van der Waals surface area contributed by atoms with E-state index < -0.39 is 17.7 Å². The Morgan fingerprint density at radius 3 is 2.66 bits per heavy atom. The highest BCUT2D eigenvalue weighted by molar-refractivity contribution is 6.39. The number of benzene rings is 2. The van der Waals surface area contributed by atoms with Crippen molar-refractivity contribution in [1.29, 1.82) is 5.26 Å². The van der Waals surface area contributed by atoms with Crippen molar-refractivity contribution in [3.8, 4) is 6.07 Å². The van der Waals surface area contributed by atoms with Crippen molar-refractivity contribution in [3.05, 3.63) is 51.5 Å².